The second kappa shape index (κ2) is 5.76. The maximum atomic E-state index is 6.23. The molecule has 0 heterocycles. The number of fused-ring (bicyclic) bond motifs is 1. The summed E-state index contributed by atoms with van der Waals surface area (Å²) in [6.45, 7) is 0. The maximum absolute atomic E-state index is 6.23. The number of nitrogens with one attached hydrogen (secondary N) is 1. The summed E-state index contributed by atoms with van der Waals surface area (Å²) in [4.78, 5) is 0. The van der Waals surface area contributed by atoms with Crippen molar-refractivity contribution in [2.75, 3.05) is 5.32 Å². The van der Waals surface area contributed by atoms with Gasteiger partial charge in [-0.25, -0.2) is 0 Å². The summed E-state index contributed by atoms with van der Waals surface area (Å²) in [6.07, 6.45) is 2.08. The van der Waals surface area contributed by atoms with Gasteiger partial charge in [-0.2, -0.15) is 0 Å². The summed E-state index contributed by atoms with van der Waals surface area (Å²) >= 11 is 21.9. The number of hydrogen-bond acceptors (Lipinski definition) is 1. The first kappa shape index (κ1) is 14.5. The van der Waals surface area contributed by atoms with Gasteiger partial charge < -0.3 is 5.32 Å². The van der Waals surface area contributed by atoms with Crippen LogP contribution in [-0.4, -0.2) is 0 Å². The highest BCUT2D eigenvalue weighted by molar-refractivity contribution is 9.10. The molecule has 1 N–H and O–H groups in total. The van der Waals surface area contributed by atoms with Crippen molar-refractivity contribution in [3.63, 3.8) is 0 Å². The zero-order chi connectivity index (χ0) is 14.3. The topological polar surface area (TPSA) is 12.0 Å². The first-order chi connectivity index (χ1) is 9.54. The molecular weight excluding hydrogens is 380 g/mol. The monoisotopic (exact) mass is 389 g/mol. The van der Waals surface area contributed by atoms with Crippen LogP contribution in [0, 0.1) is 0 Å². The summed E-state index contributed by atoms with van der Waals surface area (Å²) in [5, 5.41) is 5.08. The predicted octanol–water partition coefficient (Wildman–Crippen LogP) is 6.51. The Morgan fingerprint density at radius 2 is 1.75 bits per heavy atom. The van der Waals surface area contributed by atoms with Crippen LogP contribution in [0.1, 0.15) is 23.6 Å². The van der Waals surface area contributed by atoms with Crippen LogP contribution in [0.2, 0.25) is 15.1 Å². The van der Waals surface area contributed by atoms with Crippen LogP contribution in [0.3, 0.4) is 0 Å². The number of anilines is 1. The first-order valence-electron chi connectivity index (χ1n) is 6.24. The molecule has 0 aromatic heterocycles. The molecule has 1 unspecified atom stereocenters. The zero-order valence-corrected chi connectivity index (χ0v) is 14.2. The minimum absolute atomic E-state index is 0.231. The first-order valence-corrected chi connectivity index (χ1v) is 8.16. The van der Waals surface area contributed by atoms with Gasteiger partial charge in [0, 0.05) is 9.50 Å². The van der Waals surface area contributed by atoms with Gasteiger partial charge in [0.05, 0.1) is 21.8 Å². The van der Waals surface area contributed by atoms with Crippen LogP contribution >= 0.6 is 50.7 Å². The summed E-state index contributed by atoms with van der Waals surface area (Å²) < 4.78 is 1.11. The highest BCUT2D eigenvalue weighted by atomic mass is 79.9. The molecule has 0 spiro atoms. The lowest BCUT2D eigenvalue weighted by atomic mass is 10.1. The molecule has 2 aromatic carbocycles. The van der Waals surface area contributed by atoms with Gasteiger partial charge >= 0.3 is 0 Å². The molecule has 0 saturated heterocycles. The molecule has 0 aliphatic heterocycles. The molecule has 1 aliphatic carbocycles. The minimum Gasteiger partial charge on any atom is -0.376 e. The molecule has 0 bridgehead atoms. The van der Waals surface area contributed by atoms with Crippen molar-refractivity contribution in [3.05, 3.63) is 61.0 Å². The molecular formula is C15H11BrCl3N. The van der Waals surface area contributed by atoms with Gasteiger partial charge in [-0.05, 0) is 48.2 Å². The van der Waals surface area contributed by atoms with Crippen molar-refractivity contribution in [2.45, 2.75) is 18.9 Å². The molecule has 5 heteroatoms. The standard InChI is InChI=1S/C15H11BrCl3N/c16-9-2-3-11-8(5-9)1-4-14(11)20-15-12(18)6-10(17)7-13(15)19/h2-3,5-7,14,20H,1,4H2. The van der Waals surface area contributed by atoms with Crippen LogP contribution in [0.5, 0.6) is 0 Å². The van der Waals surface area contributed by atoms with Crippen molar-refractivity contribution in [3.8, 4) is 0 Å². The lowest BCUT2D eigenvalue weighted by Gasteiger charge is -2.18. The highest BCUT2D eigenvalue weighted by Gasteiger charge is 2.23. The van der Waals surface area contributed by atoms with Crippen molar-refractivity contribution < 1.29 is 0 Å². The van der Waals surface area contributed by atoms with Gasteiger partial charge in [-0.3, -0.25) is 0 Å². The van der Waals surface area contributed by atoms with Crippen LogP contribution in [0.15, 0.2) is 34.8 Å². The quantitative estimate of drug-likeness (QED) is 0.615. The van der Waals surface area contributed by atoms with E-state index >= 15 is 0 Å². The Morgan fingerprint density at radius 3 is 2.45 bits per heavy atom. The molecule has 1 atom stereocenters. The second-order valence-corrected chi connectivity index (χ2v) is 6.99. The van der Waals surface area contributed by atoms with Crippen LogP contribution < -0.4 is 5.32 Å². The summed E-state index contributed by atoms with van der Waals surface area (Å²) in [6, 6.07) is 10.0. The van der Waals surface area contributed by atoms with Crippen LogP contribution in [0.4, 0.5) is 5.69 Å². The van der Waals surface area contributed by atoms with Gasteiger partial charge in [0.1, 0.15) is 0 Å². The van der Waals surface area contributed by atoms with Gasteiger partial charge in [0.15, 0.2) is 0 Å². The highest BCUT2D eigenvalue weighted by Crippen LogP contribution is 2.40. The fourth-order valence-electron chi connectivity index (χ4n) is 2.59. The molecule has 104 valence electrons. The third kappa shape index (κ3) is 2.80. The minimum atomic E-state index is 0.231. The summed E-state index contributed by atoms with van der Waals surface area (Å²) in [5.74, 6) is 0. The smallest absolute Gasteiger partial charge is 0.0724 e. The summed E-state index contributed by atoms with van der Waals surface area (Å²) in [5.41, 5.74) is 3.41. The maximum Gasteiger partial charge on any atom is 0.0724 e. The Morgan fingerprint density at radius 1 is 1.05 bits per heavy atom. The predicted molar refractivity (Wildman–Crippen MR) is 90.3 cm³/mol. The van der Waals surface area contributed by atoms with E-state index in [0.29, 0.717) is 15.1 Å². The third-order valence-corrected chi connectivity index (χ3v) is 4.82. The normalized spacial score (nSPS) is 17.1. The number of halogens is 4. The van der Waals surface area contributed by atoms with Gasteiger partial charge in [0.25, 0.3) is 0 Å². The van der Waals surface area contributed by atoms with Crippen molar-refractivity contribution in [2.24, 2.45) is 0 Å². The Balaban J connectivity index is 1.91. The van der Waals surface area contributed by atoms with E-state index in [4.69, 9.17) is 34.8 Å². The molecule has 1 aliphatic rings. The lowest BCUT2D eigenvalue weighted by Crippen LogP contribution is -2.08. The Labute approximate surface area is 141 Å². The Hall–Kier alpha value is -0.410. The average Bonchev–Trinajstić information content (AvgIpc) is 2.76. The van der Waals surface area contributed by atoms with Gasteiger partial charge in [-0.1, -0.05) is 56.8 Å². The fraction of sp³-hybridized carbons (Fsp3) is 0.200. The largest absolute Gasteiger partial charge is 0.376 e. The van der Waals surface area contributed by atoms with Crippen LogP contribution in [0.25, 0.3) is 0 Å². The third-order valence-electron chi connectivity index (χ3n) is 3.51. The lowest BCUT2D eigenvalue weighted by molar-refractivity contribution is 0.762. The van der Waals surface area contributed by atoms with Crippen molar-refractivity contribution in [1.82, 2.24) is 0 Å². The van der Waals surface area contributed by atoms with E-state index in [9.17, 15) is 0 Å². The second-order valence-electron chi connectivity index (χ2n) is 4.82. The van der Waals surface area contributed by atoms with E-state index in [1.165, 1.54) is 11.1 Å². The Kier molecular flexibility index (Phi) is 4.19. The molecule has 1 nitrogen and oxygen atoms in total. The van der Waals surface area contributed by atoms with E-state index in [2.05, 4.69) is 39.4 Å². The molecule has 0 saturated carbocycles. The zero-order valence-electron chi connectivity index (χ0n) is 10.4. The molecule has 0 fully saturated rings. The Bertz CT molecular complexity index is 649. The molecule has 2 aromatic rings. The number of hydrogen-bond donors (Lipinski definition) is 1. The van der Waals surface area contributed by atoms with E-state index in [1.54, 1.807) is 12.1 Å². The summed E-state index contributed by atoms with van der Waals surface area (Å²) in [7, 11) is 0. The molecule has 0 radical (unpaired) electrons. The van der Waals surface area contributed by atoms with E-state index in [-0.39, 0.29) is 6.04 Å². The number of rotatable bonds is 2. The SMILES string of the molecule is Clc1cc(Cl)c(NC2CCc3cc(Br)ccc32)c(Cl)c1. The van der Waals surface area contributed by atoms with E-state index < -0.39 is 0 Å². The number of benzene rings is 2. The van der Waals surface area contributed by atoms with Crippen LogP contribution in [-0.2, 0) is 6.42 Å². The van der Waals surface area contributed by atoms with Gasteiger partial charge in [0.2, 0.25) is 0 Å². The fourth-order valence-corrected chi connectivity index (χ4v) is 3.92. The average molecular weight is 392 g/mol. The molecule has 20 heavy (non-hydrogen) atoms. The van der Waals surface area contributed by atoms with Crippen molar-refractivity contribution >= 4 is 56.4 Å². The van der Waals surface area contributed by atoms with E-state index in [1.807, 2.05) is 0 Å². The van der Waals surface area contributed by atoms with E-state index in [0.717, 1.165) is 23.0 Å². The van der Waals surface area contributed by atoms with Crippen molar-refractivity contribution in [1.29, 1.82) is 0 Å². The van der Waals surface area contributed by atoms with Gasteiger partial charge in [-0.15, -0.1) is 0 Å². The molecule has 3 rings (SSSR count). The molecule has 0 amide bonds. The number of aryl methyl sites for hydroxylation is 1.